The van der Waals surface area contributed by atoms with Gasteiger partial charge in [-0.05, 0) is 0 Å². The second kappa shape index (κ2) is 7.54. The average molecular weight is 244 g/mol. The topological polar surface area (TPSA) is 59.1 Å². The zero-order chi connectivity index (χ0) is 11.8. The van der Waals surface area contributed by atoms with Crippen LogP contribution in [0.2, 0.25) is 0 Å². The molecule has 1 rings (SSSR count). The van der Waals surface area contributed by atoms with E-state index in [1.165, 1.54) is 11.5 Å². The van der Waals surface area contributed by atoms with Crippen LogP contribution in [-0.4, -0.2) is 42.7 Å². The molecule has 0 saturated carbocycles. The van der Waals surface area contributed by atoms with E-state index >= 15 is 0 Å². The molecule has 0 radical (unpaired) electrons. The zero-order valence-electron chi connectivity index (χ0n) is 10.1. The van der Waals surface area contributed by atoms with Crippen LogP contribution in [0.25, 0.3) is 0 Å². The van der Waals surface area contributed by atoms with Gasteiger partial charge < -0.3 is 15.4 Å². The number of nitrogens with zero attached hydrogens (tertiary/aromatic N) is 2. The summed E-state index contributed by atoms with van der Waals surface area (Å²) in [5.41, 5.74) is 0. The van der Waals surface area contributed by atoms with E-state index in [1.807, 2.05) is 0 Å². The fourth-order valence-corrected chi connectivity index (χ4v) is 1.83. The lowest BCUT2D eigenvalue weighted by Gasteiger charge is -2.04. The number of rotatable bonds is 8. The fraction of sp³-hybridized carbons (Fsp3) is 0.800. The Kier molecular flexibility index (Phi) is 6.29. The molecule has 1 heterocycles. The number of aromatic nitrogens is 2. The maximum absolute atomic E-state index is 4.93. The van der Waals surface area contributed by atoms with Crippen LogP contribution in [-0.2, 0) is 4.74 Å². The Morgan fingerprint density at radius 1 is 1.31 bits per heavy atom. The van der Waals surface area contributed by atoms with E-state index in [1.54, 1.807) is 7.11 Å². The van der Waals surface area contributed by atoms with Crippen molar-refractivity contribution in [2.45, 2.75) is 19.8 Å². The molecule has 0 saturated heterocycles. The second-order valence-corrected chi connectivity index (χ2v) is 4.53. The molecule has 0 aliphatic carbocycles. The van der Waals surface area contributed by atoms with E-state index in [4.69, 9.17) is 4.74 Å². The molecule has 16 heavy (non-hydrogen) atoms. The molecule has 0 aliphatic heterocycles. The zero-order valence-corrected chi connectivity index (χ0v) is 10.9. The molecule has 1 aromatic rings. The highest BCUT2D eigenvalue weighted by molar-refractivity contribution is 7.09. The number of ether oxygens (including phenoxy) is 1. The van der Waals surface area contributed by atoms with E-state index in [2.05, 4.69) is 33.8 Å². The van der Waals surface area contributed by atoms with E-state index in [0.717, 1.165) is 37.2 Å². The van der Waals surface area contributed by atoms with Gasteiger partial charge in [-0.3, -0.25) is 0 Å². The molecule has 92 valence electrons. The highest BCUT2D eigenvalue weighted by atomic mass is 32.1. The minimum Gasteiger partial charge on any atom is -0.383 e. The molecule has 5 nitrogen and oxygen atoms in total. The molecule has 0 atom stereocenters. The van der Waals surface area contributed by atoms with Gasteiger partial charge in [-0.1, -0.05) is 13.8 Å². The summed E-state index contributed by atoms with van der Waals surface area (Å²) in [5, 5.41) is 7.39. The molecule has 0 unspecified atom stereocenters. The van der Waals surface area contributed by atoms with Gasteiger partial charge in [0.05, 0.1) is 6.61 Å². The number of methoxy groups -OCH3 is 1. The van der Waals surface area contributed by atoms with Crippen LogP contribution in [0.1, 0.15) is 25.6 Å². The van der Waals surface area contributed by atoms with E-state index in [9.17, 15) is 0 Å². The molecule has 0 amide bonds. The van der Waals surface area contributed by atoms with Crippen LogP contribution < -0.4 is 10.6 Å². The SMILES string of the molecule is COCCNCCNc1nc(C(C)C)ns1. The van der Waals surface area contributed by atoms with E-state index in [-0.39, 0.29) is 0 Å². The first-order chi connectivity index (χ1) is 7.74. The van der Waals surface area contributed by atoms with Crippen molar-refractivity contribution in [2.75, 3.05) is 38.7 Å². The molecule has 0 bridgehead atoms. The van der Waals surface area contributed by atoms with Gasteiger partial charge >= 0.3 is 0 Å². The first-order valence-corrected chi connectivity index (χ1v) is 6.28. The summed E-state index contributed by atoms with van der Waals surface area (Å²) >= 11 is 1.42. The Morgan fingerprint density at radius 3 is 2.75 bits per heavy atom. The van der Waals surface area contributed by atoms with E-state index in [0.29, 0.717) is 5.92 Å². The van der Waals surface area contributed by atoms with Gasteiger partial charge in [0, 0.05) is 44.2 Å². The summed E-state index contributed by atoms with van der Waals surface area (Å²) in [7, 11) is 1.70. The van der Waals surface area contributed by atoms with Gasteiger partial charge in [-0.2, -0.15) is 4.37 Å². The summed E-state index contributed by atoms with van der Waals surface area (Å²) in [4.78, 5) is 4.39. The first-order valence-electron chi connectivity index (χ1n) is 5.51. The summed E-state index contributed by atoms with van der Waals surface area (Å²) in [6.45, 7) is 7.58. The summed E-state index contributed by atoms with van der Waals surface area (Å²) in [5.74, 6) is 1.31. The largest absolute Gasteiger partial charge is 0.383 e. The Balaban J connectivity index is 2.12. The van der Waals surface area contributed by atoms with Crippen molar-refractivity contribution >= 4 is 16.7 Å². The third kappa shape index (κ3) is 4.87. The molecule has 0 aliphatic rings. The Morgan fingerprint density at radius 2 is 2.12 bits per heavy atom. The lowest BCUT2D eigenvalue weighted by Crippen LogP contribution is -2.25. The fourth-order valence-electron chi connectivity index (χ4n) is 1.10. The van der Waals surface area contributed by atoms with Crippen molar-refractivity contribution in [1.82, 2.24) is 14.7 Å². The third-order valence-corrected chi connectivity index (χ3v) is 2.71. The predicted octanol–water partition coefficient (Wildman–Crippen LogP) is 1.31. The maximum atomic E-state index is 4.93. The van der Waals surface area contributed by atoms with Crippen molar-refractivity contribution in [3.8, 4) is 0 Å². The van der Waals surface area contributed by atoms with Crippen molar-refractivity contribution in [1.29, 1.82) is 0 Å². The highest BCUT2D eigenvalue weighted by Gasteiger charge is 2.06. The lowest BCUT2D eigenvalue weighted by atomic mass is 10.2. The van der Waals surface area contributed by atoms with Gasteiger partial charge in [0.25, 0.3) is 0 Å². The highest BCUT2D eigenvalue weighted by Crippen LogP contribution is 2.16. The van der Waals surface area contributed by atoms with Crippen LogP contribution in [0.4, 0.5) is 5.13 Å². The normalized spacial score (nSPS) is 11.0. The van der Waals surface area contributed by atoms with Crippen molar-refractivity contribution in [3.05, 3.63) is 5.82 Å². The average Bonchev–Trinajstić information content (AvgIpc) is 2.72. The van der Waals surface area contributed by atoms with Gasteiger partial charge in [0.15, 0.2) is 0 Å². The maximum Gasteiger partial charge on any atom is 0.202 e. The van der Waals surface area contributed by atoms with Gasteiger partial charge in [-0.15, -0.1) is 0 Å². The van der Waals surface area contributed by atoms with E-state index < -0.39 is 0 Å². The minimum atomic E-state index is 0.395. The molecular weight excluding hydrogens is 224 g/mol. The Bertz CT molecular complexity index is 290. The van der Waals surface area contributed by atoms with Crippen molar-refractivity contribution in [3.63, 3.8) is 0 Å². The molecule has 0 spiro atoms. The number of anilines is 1. The molecule has 6 heteroatoms. The first kappa shape index (κ1) is 13.3. The number of hydrogen-bond donors (Lipinski definition) is 2. The van der Waals surface area contributed by atoms with Crippen LogP contribution >= 0.6 is 11.5 Å². The molecule has 2 N–H and O–H groups in total. The number of nitrogens with one attached hydrogen (secondary N) is 2. The quantitative estimate of drug-likeness (QED) is 0.675. The van der Waals surface area contributed by atoms with Crippen LogP contribution in [0.3, 0.4) is 0 Å². The van der Waals surface area contributed by atoms with Gasteiger partial charge in [-0.25, -0.2) is 4.98 Å². The second-order valence-electron chi connectivity index (χ2n) is 3.78. The summed E-state index contributed by atoms with van der Waals surface area (Å²) in [6, 6.07) is 0. The van der Waals surface area contributed by atoms with Gasteiger partial charge in [0.2, 0.25) is 5.13 Å². The standard InChI is InChI=1S/C10H20N4OS/c1-8(2)9-13-10(16-14-9)12-5-4-11-6-7-15-3/h8,11H,4-7H2,1-3H3,(H,12,13,14). The lowest BCUT2D eigenvalue weighted by molar-refractivity contribution is 0.200. The molecule has 0 fully saturated rings. The third-order valence-electron chi connectivity index (χ3n) is 2.02. The Labute approximate surface area is 101 Å². The summed E-state index contributed by atoms with van der Waals surface area (Å²) < 4.78 is 9.20. The van der Waals surface area contributed by atoms with Crippen molar-refractivity contribution < 1.29 is 4.74 Å². The number of hydrogen-bond acceptors (Lipinski definition) is 6. The molecule has 1 aromatic heterocycles. The monoisotopic (exact) mass is 244 g/mol. The van der Waals surface area contributed by atoms with Crippen LogP contribution in [0, 0.1) is 0 Å². The predicted molar refractivity (Wildman–Crippen MR) is 67.2 cm³/mol. The summed E-state index contributed by atoms with van der Waals surface area (Å²) in [6.07, 6.45) is 0. The smallest absolute Gasteiger partial charge is 0.202 e. The van der Waals surface area contributed by atoms with Crippen molar-refractivity contribution in [2.24, 2.45) is 0 Å². The minimum absolute atomic E-state index is 0.395. The molecule has 0 aromatic carbocycles. The molecular formula is C10H20N4OS. The van der Waals surface area contributed by atoms with Crippen LogP contribution in [0.5, 0.6) is 0 Å². The van der Waals surface area contributed by atoms with Crippen LogP contribution in [0.15, 0.2) is 0 Å². The Hall–Kier alpha value is -0.720. The van der Waals surface area contributed by atoms with Gasteiger partial charge in [0.1, 0.15) is 5.82 Å².